The molecule has 0 heterocycles. The summed E-state index contributed by atoms with van der Waals surface area (Å²) >= 11 is 11.6. The van der Waals surface area contributed by atoms with Crippen LogP contribution in [0.2, 0.25) is 10.0 Å². The maximum absolute atomic E-state index is 12.1. The molecular weight excluding hydrogens is 437 g/mol. The fraction of sp³-hybridized carbons (Fsp3) is 0.263. The van der Waals surface area contributed by atoms with Crippen molar-refractivity contribution >= 4 is 50.7 Å². The van der Waals surface area contributed by atoms with E-state index in [2.05, 4.69) is 15.4 Å². The van der Waals surface area contributed by atoms with E-state index in [0.29, 0.717) is 28.7 Å². The van der Waals surface area contributed by atoms with Crippen molar-refractivity contribution in [1.29, 1.82) is 0 Å². The van der Waals surface area contributed by atoms with Gasteiger partial charge in [0.1, 0.15) is 0 Å². The van der Waals surface area contributed by atoms with E-state index in [0.717, 1.165) is 0 Å². The van der Waals surface area contributed by atoms with Gasteiger partial charge in [0.2, 0.25) is 21.8 Å². The van der Waals surface area contributed by atoms with Gasteiger partial charge in [0.25, 0.3) is 0 Å². The number of sulfonamides is 1. The van der Waals surface area contributed by atoms with E-state index in [-0.39, 0.29) is 36.1 Å². The Hall–Kier alpha value is -2.13. The van der Waals surface area contributed by atoms with Crippen molar-refractivity contribution in [3.8, 4) is 0 Å². The first-order chi connectivity index (χ1) is 13.8. The third-order valence-corrected chi connectivity index (χ3v) is 5.73. The van der Waals surface area contributed by atoms with Crippen molar-refractivity contribution in [2.45, 2.75) is 24.2 Å². The lowest BCUT2D eigenvalue weighted by Gasteiger charge is -2.08. The van der Waals surface area contributed by atoms with E-state index >= 15 is 0 Å². The van der Waals surface area contributed by atoms with Crippen molar-refractivity contribution in [2.24, 2.45) is 0 Å². The first-order valence-electron chi connectivity index (χ1n) is 8.83. The molecule has 2 aromatic carbocycles. The maximum atomic E-state index is 12.1. The van der Waals surface area contributed by atoms with Gasteiger partial charge < -0.3 is 10.6 Å². The minimum absolute atomic E-state index is 0.0171. The molecule has 10 heteroatoms. The topological polar surface area (TPSA) is 104 Å². The smallest absolute Gasteiger partial charge is 0.240 e. The highest BCUT2D eigenvalue weighted by Crippen LogP contribution is 2.15. The lowest BCUT2D eigenvalue weighted by atomic mass is 10.2. The van der Waals surface area contributed by atoms with Crippen molar-refractivity contribution in [3.63, 3.8) is 0 Å². The molecular formula is C19H21Cl2N3O4S. The second-order valence-electron chi connectivity index (χ2n) is 6.11. The van der Waals surface area contributed by atoms with Crippen LogP contribution in [0.4, 0.5) is 5.69 Å². The van der Waals surface area contributed by atoms with E-state index in [1.165, 1.54) is 18.2 Å². The summed E-state index contributed by atoms with van der Waals surface area (Å²) in [5.74, 6) is -0.479. The molecule has 29 heavy (non-hydrogen) atoms. The fourth-order valence-electron chi connectivity index (χ4n) is 2.34. The van der Waals surface area contributed by atoms with Gasteiger partial charge in [0.15, 0.2) is 0 Å². The van der Waals surface area contributed by atoms with Crippen LogP contribution in [0.15, 0.2) is 53.4 Å². The van der Waals surface area contributed by atoms with Gasteiger partial charge in [-0.25, -0.2) is 13.1 Å². The Kier molecular flexibility index (Phi) is 8.91. The summed E-state index contributed by atoms with van der Waals surface area (Å²) in [5.41, 5.74) is 0.649. The number of rotatable bonds is 10. The first kappa shape index (κ1) is 23.2. The van der Waals surface area contributed by atoms with Crippen LogP contribution in [0.25, 0.3) is 0 Å². The first-order valence-corrected chi connectivity index (χ1v) is 11.1. The van der Waals surface area contributed by atoms with E-state index < -0.39 is 10.0 Å². The standard InChI is InChI=1S/C19H21Cl2N3O4S/c20-14-6-8-16(9-7-14)24-19(26)5-2-11-22-18(25)10-12-23-29(27,28)17-4-1-3-15(21)13-17/h1,3-4,6-9,13,23H,2,5,10-12H2,(H,22,25)(H,24,26). The van der Waals surface area contributed by atoms with E-state index in [1.54, 1.807) is 30.3 Å². The van der Waals surface area contributed by atoms with Crippen molar-refractivity contribution in [2.75, 3.05) is 18.4 Å². The van der Waals surface area contributed by atoms with Crippen molar-refractivity contribution < 1.29 is 18.0 Å². The fourth-order valence-corrected chi connectivity index (χ4v) is 3.80. The normalized spacial score (nSPS) is 11.1. The molecule has 2 amide bonds. The zero-order chi connectivity index (χ0) is 21.3. The quantitative estimate of drug-likeness (QED) is 0.476. The molecule has 0 aromatic heterocycles. The molecule has 0 aliphatic heterocycles. The largest absolute Gasteiger partial charge is 0.356 e. The number of hydrogen-bond donors (Lipinski definition) is 3. The van der Waals surface area contributed by atoms with Gasteiger partial charge in [-0.05, 0) is 48.9 Å². The highest BCUT2D eigenvalue weighted by atomic mass is 35.5. The van der Waals surface area contributed by atoms with Crippen LogP contribution in [-0.4, -0.2) is 33.3 Å². The van der Waals surface area contributed by atoms with Crippen molar-refractivity contribution in [1.82, 2.24) is 10.0 Å². The van der Waals surface area contributed by atoms with Crippen molar-refractivity contribution in [3.05, 3.63) is 58.6 Å². The number of nitrogens with one attached hydrogen (secondary N) is 3. The minimum atomic E-state index is -3.72. The summed E-state index contributed by atoms with van der Waals surface area (Å²) < 4.78 is 26.6. The Morgan fingerprint density at radius 2 is 1.59 bits per heavy atom. The summed E-state index contributed by atoms with van der Waals surface area (Å²) in [6, 6.07) is 12.6. The molecule has 0 saturated carbocycles. The molecule has 0 radical (unpaired) electrons. The number of amides is 2. The van der Waals surface area contributed by atoms with Crippen LogP contribution in [0.1, 0.15) is 19.3 Å². The van der Waals surface area contributed by atoms with E-state index in [1.807, 2.05) is 0 Å². The lowest BCUT2D eigenvalue weighted by molar-refractivity contribution is -0.121. The molecule has 7 nitrogen and oxygen atoms in total. The molecule has 0 saturated heterocycles. The third-order valence-electron chi connectivity index (χ3n) is 3.78. The Balaban J connectivity index is 1.62. The number of carbonyl (C=O) groups is 2. The lowest BCUT2D eigenvalue weighted by Crippen LogP contribution is -2.31. The summed E-state index contributed by atoms with van der Waals surface area (Å²) in [7, 11) is -3.72. The van der Waals surface area contributed by atoms with Gasteiger partial charge in [-0.15, -0.1) is 0 Å². The Morgan fingerprint density at radius 1 is 0.862 bits per heavy atom. The second-order valence-corrected chi connectivity index (χ2v) is 8.75. The van der Waals surface area contributed by atoms with Gasteiger partial charge >= 0.3 is 0 Å². The second kappa shape index (κ2) is 11.2. The number of halogens is 2. The summed E-state index contributed by atoms with van der Waals surface area (Å²) in [6.45, 7) is 0.269. The van der Waals surface area contributed by atoms with Crippen LogP contribution in [0.5, 0.6) is 0 Å². The highest BCUT2D eigenvalue weighted by molar-refractivity contribution is 7.89. The van der Waals surface area contributed by atoms with E-state index in [9.17, 15) is 18.0 Å². The molecule has 0 atom stereocenters. The number of hydrogen-bond acceptors (Lipinski definition) is 4. The Morgan fingerprint density at radius 3 is 2.28 bits per heavy atom. The summed E-state index contributed by atoms with van der Waals surface area (Å²) in [6.07, 6.45) is 0.681. The van der Waals surface area contributed by atoms with Gasteiger partial charge in [-0.1, -0.05) is 29.3 Å². The highest BCUT2D eigenvalue weighted by Gasteiger charge is 2.14. The molecule has 0 fully saturated rings. The summed E-state index contributed by atoms with van der Waals surface area (Å²) in [4.78, 5) is 23.7. The maximum Gasteiger partial charge on any atom is 0.240 e. The van der Waals surface area contributed by atoms with Crippen LogP contribution in [-0.2, 0) is 19.6 Å². The molecule has 2 aromatic rings. The molecule has 0 spiro atoms. The van der Waals surface area contributed by atoms with Gasteiger partial charge in [0.05, 0.1) is 4.90 Å². The monoisotopic (exact) mass is 457 g/mol. The predicted molar refractivity (Wildman–Crippen MR) is 114 cm³/mol. The molecule has 2 rings (SSSR count). The molecule has 156 valence electrons. The SMILES string of the molecule is O=C(CCNS(=O)(=O)c1cccc(Cl)c1)NCCCC(=O)Nc1ccc(Cl)cc1. The van der Waals surface area contributed by atoms with E-state index in [4.69, 9.17) is 23.2 Å². The van der Waals surface area contributed by atoms with Crippen LogP contribution < -0.4 is 15.4 Å². The Bertz CT molecular complexity index is 950. The summed E-state index contributed by atoms with van der Waals surface area (Å²) in [5, 5.41) is 6.28. The number of carbonyl (C=O) groups excluding carboxylic acids is 2. The molecule has 0 unspecified atom stereocenters. The van der Waals surface area contributed by atoms with Crippen LogP contribution in [0, 0.1) is 0 Å². The zero-order valence-corrected chi connectivity index (χ0v) is 17.8. The third kappa shape index (κ3) is 8.41. The molecule has 0 aliphatic carbocycles. The zero-order valence-electron chi connectivity index (χ0n) is 15.5. The molecule has 3 N–H and O–H groups in total. The van der Waals surface area contributed by atoms with Crippen LogP contribution in [0.3, 0.4) is 0 Å². The van der Waals surface area contributed by atoms with Gasteiger partial charge in [-0.3, -0.25) is 9.59 Å². The molecule has 0 bridgehead atoms. The average molecular weight is 458 g/mol. The number of benzene rings is 2. The predicted octanol–water partition coefficient (Wildman–Crippen LogP) is 3.20. The minimum Gasteiger partial charge on any atom is -0.356 e. The van der Waals surface area contributed by atoms with Gasteiger partial charge in [0, 0.05) is 41.7 Å². The Labute approximate surface area is 179 Å². The van der Waals surface area contributed by atoms with Crippen LogP contribution >= 0.6 is 23.2 Å². The van der Waals surface area contributed by atoms with Gasteiger partial charge in [-0.2, -0.15) is 0 Å². The number of anilines is 1. The molecule has 0 aliphatic rings. The average Bonchev–Trinajstić information content (AvgIpc) is 2.67.